The average Bonchev–Trinajstić information content (AvgIpc) is 2.59. The lowest BCUT2D eigenvalue weighted by molar-refractivity contribution is -0.141. The maximum Gasteiger partial charge on any atom is 0.410 e. The van der Waals surface area contributed by atoms with Gasteiger partial charge in [-0.25, -0.2) is 4.79 Å². The molecule has 0 bridgehead atoms. The smallest absolute Gasteiger partial charge is 0.410 e. The monoisotopic (exact) mass is 258 g/mol. The molecule has 18 heavy (non-hydrogen) atoms. The van der Waals surface area contributed by atoms with Crippen LogP contribution in [0.25, 0.3) is 0 Å². The summed E-state index contributed by atoms with van der Waals surface area (Å²) in [5.74, 6) is -1.45. The van der Waals surface area contributed by atoms with Crippen LogP contribution in [0.1, 0.15) is 27.7 Å². The fraction of sp³-hybridized carbons (Fsp3) is 0.833. The summed E-state index contributed by atoms with van der Waals surface area (Å²) >= 11 is 0. The summed E-state index contributed by atoms with van der Waals surface area (Å²) in [7, 11) is 0. The van der Waals surface area contributed by atoms with Gasteiger partial charge in [-0.15, -0.1) is 0 Å². The van der Waals surface area contributed by atoms with Crippen molar-refractivity contribution in [1.29, 1.82) is 0 Å². The molecule has 1 aliphatic rings. The summed E-state index contributed by atoms with van der Waals surface area (Å²) in [5, 5.41) is 12.2. The Bertz CT molecular complexity index is 325. The van der Waals surface area contributed by atoms with Gasteiger partial charge >= 0.3 is 12.1 Å². The third kappa shape index (κ3) is 3.87. The van der Waals surface area contributed by atoms with Crippen molar-refractivity contribution in [3.8, 4) is 0 Å². The minimum absolute atomic E-state index is 0.196. The number of nitrogens with one attached hydrogen (secondary N) is 1. The molecule has 1 amide bonds. The van der Waals surface area contributed by atoms with Gasteiger partial charge in [0.05, 0.1) is 5.92 Å². The van der Waals surface area contributed by atoms with E-state index in [2.05, 4.69) is 5.32 Å². The number of hydrogen-bond acceptors (Lipinski definition) is 4. The van der Waals surface area contributed by atoms with Gasteiger partial charge < -0.3 is 20.1 Å². The normalized spacial score (nSPS) is 24.1. The van der Waals surface area contributed by atoms with Crippen molar-refractivity contribution in [1.82, 2.24) is 10.2 Å². The second-order valence-electron chi connectivity index (χ2n) is 5.49. The molecule has 2 atom stereocenters. The number of carboxylic acid groups (broad SMARTS) is 1. The predicted molar refractivity (Wildman–Crippen MR) is 66.4 cm³/mol. The Labute approximate surface area is 107 Å². The first-order valence-electron chi connectivity index (χ1n) is 6.18. The summed E-state index contributed by atoms with van der Waals surface area (Å²) in [6.45, 7) is 8.53. The topological polar surface area (TPSA) is 78.9 Å². The van der Waals surface area contributed by atoms with Gasteiger partial charge in [-0.1, -0.05) is 6.92 Å². The standard InChI is InChI=1S/C12H22N2O4/c1-5-13-9-7-14(6-8(9)10(15)16)11(17)18-12(2,3)4/h8-9,13H,5-7H2,1-4H3,(H,15,16). The Balaban J connectivity index is 2.65. The van der Waals surface area contributed by atoms with Crippen molar-refractivity contribution < 1.29 is 19.4 Å². The second kappa shape index (κ2) is 5.56. The Morgan fingerprint density at radius 2 is 2.00 bits per heavy atom. The molecule has 0 radical (unpaired) electrons. The second-order valence-corrected chi connectivity index (χ2v) is 5.49. The first-order chi connectivity index (χ1) is 8.24. The van der Waals surface area contributed by atoms with Crippen LogP contribution in [0.15, 0.2) is 0 Å². The molecular weight excluding hydrogens is 236 g/mol. The van der Waals surface area contributed by atoms with Crippen LogP contribution in [0.2, 0.25) is 0 Å². The number of aliphatic carboxylic acids is 1. The van der Waals surface area contributed by atoms with E-state index in [0.29, 0.717) is 13.1 Å². The fourth-order valence-corrected chi connectivity index (χ4v) is 2.00. The Kier molecular flexibility index (Phi) is 4.56. The maximum absolute atomic E-state index is 11.9. The summed E-state index contributed by atoms with van der Waals surface area (Å²) < 4.78 is 5.24. The average molecular weight is 258 g/mol. The molecule has 0 saturated carbocycles. The van der Waals surface area contributed by atoms with Crippen molar-refractivity contribution in [2.75, 3.05) is 19.6 Å². The molecule has 6 heteroatoms. The van der Waals surface area contributed by atoms with Crippen LogP contribution < -0.4 is 5.32 Å². The lowest BCUT2D eigenvalue weighted by atomic mass is 10.0. The van der Waals surface area contributed by atoms with E-state index in [1.165, 1.54) is 4.90 Å². The molecule has 1 aliphatic heterocycles. The quantitative estimate of drug-likeness (QED) is 0.787. The zero-order chi connectivity index (χ0) is 13.9. The van der Waals surface area contributed by atoms with E-state index in [0.717, 1.165) is 0 Å². The van der Waals surface area contributed by atoms with E-state index in [1.807, 2.05) is 6.92 Å². The highest BCUT2D eigenvalue weighted by atomic mass is 16.6. The molecule has 1 saturated heterocycles. The molecule has 1 fully saturated rings. The zero-order valence-electron chi connectivity index (χ0n) is 11.4. The minimum atomic E-state index is -0.882. The molecule has 2 unspecified atom stereocenters. The highest BCUT2D eigenvalue weighted by Crippen LogP contribution is 2.20. The molecule has 104 valence electrons. The molecule has 0 aromatic carbocycles. The first kappa shape index (κ1) is 14.8. The highest BCUT2D eigenvalue weighted by molar-refractivity contribution is 5.75. The highest BCUT2D eigenvalue weighted by Gasteiger charge is 2.40. The van der Waals surface area contributed by atoms with Crippen LogP contribution in [-0.4, -0.2) is 53.3 Å². The summed E-state index contributed by atoms with van der Waals surface area (Å²) in [5.41, 5.74) is -0.563. The summed E-state index contributed by atoms with van der Waals surface area (Å²) in [6, 6.07) is -0.208. The number of carbonyl (C=O) groups is 2. The van der Waals surface area contributed by atoms with Crippen LogP contribution in [0.5, 0.6) is 0 Å². The van der Waals surface area contributed by atoms with Crippen LogP contribution >= 0.6 is 0 Å². The van der Waals surface area contributed by atoms with Gasteiger partial charge in [0.1, 0.15) is 5.60 Å². The van der Waals surface area contributed by atoms with Gasteiger partial charge in [0.2, 0.25) is 0 Å². The number of carbonyl (C=O) groups excluding carboxylic acids is 1. The van der Waals surface area contributed by atoms with Crippen LogP contribution in [-0.2, 0) is 9.53 Å². The number of likely N-dealkylation sites (N-methyl/N-ethyl adjacent to an activating group) is 1. The first-order valence-corrected chi connectivity index (χ1v) is 6.18. The van der Waals surface area contributed by atoms with Gasteiger partial charge in [0.15, 0.2) is 0 Å². The molecule has 0 aromatic rings. The van der Waals surface area contributed by atoms with E-state index in [1.54, 1.807) is 20.8 Å². The molecule has 6 nitrogen and oxygen atoms in total. The number of carboxylic acids is 1. The van der Waals surface area contributed by atoms with E-state index in [-0.39, 0.29) is 12.6 Å². The van der Waals surface area contributed by atoms with Crippen molar-refractivity contribution in [2.45, 2.75) is 39.3 Å². The third-order valence-electron chi connectivity index (χ3n) is 2.76. The lowest BCUT2D eigenvalue weighted by Crippen LogP contribution is -2.40. The van der Waals surface area contributed by atoms with Crippen LogP contribution in [0, 0.1) is 5.92 Å². The van der Waals surface area contributed by atoms with Gasteiger partial charge in [-0.2, -0.15) is 0 Å². The lowest BCUT2D eigenvalue weighted by Gasteiger charge is -2.24. The third-order valence-corrected chi connectivity index (χ3v) is 2.76. The predicted octanol–water partition coefficient (Wildman–Crippen LogP) is 0.916. The number of likely N-dealkylation sites (tertiary alicyclic amines) is 1. The Morgan fingerprint density at radius 1 is 1.39 bits per heavy atom. The van der Waals surface area contributed by atoms with Crippen molar-refractivity contribution >= 4 is 12.1 Å². The zero-order valence-corrected chi connectivity index (χ0v) is 11.4. The number of ether oxygens (including phenoxy) is 1. The van der Waals surface area contributed by atoms with Gasteiger partial charge in [-0.05, 0) is 27.3 Å². The van der Waals surface area contributed by atoms with Crippen molar-refractivity contribution in [2.24, 2.45) is 5.92 Å². The van der Waals surface area contributed by atoms with E-state index in [4.69, 9.17) is 9.84 Å². The Morgan fingerprint density at radius 3 is 2.44 bits per heavy atom. The number of rotatable bonds is 3. The molecule has 1 rings (SSSR count). The molecule has 2 N–H and O–H groups in total. The van der Waals surface area contributed by atoms with Gasteiger partial charge in [0, 0.05) is 19.1 Å². The Hall–Kier alpha value is -1.30. The number of amides is 1. The van der Waals surface area contributed by atoms with E-state index < -0.39 is 23.6 Å². The van der Waals surface area contributed by atoms with Crippen LogP contribution in [0.3, 0.4) is 0 Å². The maximum atomic E-state index is 11.9. The molecule has 0 aliphatic carbocycles. The van der Waals surface area contributed by atoms with Crippen LogP contribution in [0.4, 0.5) is 4.79 Å². The molecule has 0 spiro atoms. The SMILES string of the molecule is CCNC1CN(C(=O)OC(C)(C)C)CC1C(=O)O. The van der Waals surface area contributed by atoms with Crippen molar-refractivity contribution in [3.05, 3.63) is 0 Å². The summed E-state index contributed by atoms with van der Waals surface area (Å²) in [4.78, 5) is 24.4. The number of hydrogen-bond donors (Lipinski definition) is 2. The fourth-order valence-electron chi connectivity index (χ4n) is 2.00. The minimum Gasteiger partial charge on any atom is -0.481 e. The van der Waals surface area contributed by atoms with E-state index in [9.17, 15) is 9.59 Å². The van der Waals surface area contributed by atoms with Gasteiger partial charge in [-0.3, -0.25) is 4.79 Å². The largest absolute Gasteiger partial charge is 0.481 e. The molecule has 1 heterocycles. The van der Waals surface area contributed by atoms with E-state index >= 15 is 0 Å². The molecular formula is C12H22N2O4. The van der Waals surface area contributed by atoms with Crippen molar-refractivity contribution in [3.63, 3.8) is 0 Å². The van der Waals surface area contributed by atoms with Gasteiger partial charge in [0.25, 0.3) is 0 Å². The molecule has 0 aromatic heterocycles. The summed E-state index contributed by atoms with van der Waals surface area (Å²) in [6.07, 6.45) is -0.450. The number of nitrogens with zero attached hydrogens (tertiary/aromatic N) is 1.